The van der Waals surface area contributed by atoms with E-state index in [0.717, 1.165) is 11.3 Å². The van der Waals surface area contributed by atoms with E-state index in [1.165, 1.54) is 46.4 Å². The molecule has 0 saturated carbocycles. The molecule has 0 atom stereocenters. The van der Waals surface area contributed by atoms with Crippen molar-refractivity contribution in [3.63, 3.8) is 0 Å². The maximum absolute atomic E-state index is 13.7. The molecule has 2 aromatic carbocycles. The number of amides is 1. The maximum atomic E-state index is 13.7. The van der Waals surface area contributed by atoms with Crippen molar-refractivity contribution in [2.24, 2.45) is 0 Å². The number of aromatic nitrogens is 2. The van der Waals surface area contributed by atoms with Crippen LogP contribution < -0.4 is 5.32 Å². The van der Waals surface area contributed by atoms with Crippen molar-refractivity contribution < 1.29 is 17.6 Å². The van der Waals surface area contributed by atoms with Gasteiger partial charge in [-0.15, -0.1) is 10.2 Å². The number of hydrogen-bond donors (Lipinski definition) is 1. The van der Waals surface area contributed by atoms with Crippen molar-refractivity contribution in [1.82, 2.24) is 14.5 Å². The molecule has 11 heteroatoms. The zero-order valence-corrected chi connectivity index (χ0v) is 19.4. The van der Waals surface area contributed by atoms with Crippen LogP contribution in [0.3, 0.4) is 0 Å². The molecule has 3 rings (SSSR count). The number of hydrogen-bond acceptors (Lipinski definition) is 7. The predicted octanol–water partition coefficient (Wildman–Crippen LogP) is 4.25. The second kappa shape index (κ2) is 10.3. The molecule has 7 nitrogen and oxygen atoms in total. The van der Waals surface area contributed by atoms with Crippen molar-refractivity contribution in [1.29, 1.82) is 0 Å². The summed E-state index contributed by atoms with van der Waals surface area (Å²) in [7, 11) is -3.67. The van der Waals surface area contributed by atoms with Crippen LogP contribution >= 0.6 is 23.1 Å². The van der Waals surface area contributed by atoms with E-state index in [1.54, 1.807) is 32.0 Å². The molecule has 0 radical (unpaired) electrons. The summed E-state index contributed by atoms with van der Waals surface area (Å²) in [4.78, 5) is 12.7. The Hall–Kier alpha value is -2.34. The number of rotatable bonds is 9. The van der Waals surface area contributed by atoms with E-state index in [-0.39, 0.29) is 21.4 Å². The zero-order chi connectivity index (χ0) is 22.4. The second-order valence-corrected chi connectivity index (χ2v) is 10.5. The van der Waals surface area contributed by atoms with Crippen LogP contribution in [-0.2, 0) is 15.8 Å². The van der Waals surface area contributed by atoms with Crippen molar-refractivity contribution >= 4 is 44.2 Å². The monoisotopic (exact) mass is 480 g/mol. The highest BCUT2D eigenvalue weighted by atomic mass is 32.2. The predicted molar refractivity (Wildman–Crippen MR) is 120 cm³/mol. The molecule has 0 unspecified atom stereocenters. The maximum Gasteiger partial charge on any atom is 0.257 e. The minimum Gasteiger partial charge on any atom is -0.296 e. The van der Waals surface area contributed by atoms with E-state index in [1.807, 2.05) is 0 Å². The van der Waals surface area contributed by atoms with E-state index in [9.17, 15) is 17.6 Å². The first kappa shape index (κ1) is 23.3. The van der Waals surface area contributed by atoms with Crippen molar-refractivity contribution in [3.8, 4) is 0 Å². The number of benzene rings is 2. The first-order valence-corrected chi connectivity index (χ1v) is 12.7. The van der Waals surface area contributed by atoms with Gasteiger partial charge in [0.25, 0.3) is 5.91 Å². The number of thioether (sulfide) groups is 1. The number of nitrogens with one attached hydrogen (secondary N) is 1. The molecule has 0 aliphatic carbocycles. The molecular weight excluding hydrogens is 459 g/mol. The topological polar surface area (TPSA) is 92.3 Å². The summed E-state index contributed by atoms with van der Waals surface area (Å²) in [5, 5.41) is 10.8. The summed E-state index contributed by atoms with van der Waals surface area (Å²) in [6.07, 6.45) is 0. The minimum atomic E-state index is -3.67. The van der Waals surface area contributed by atoms with E-state index >= 15 is 0 Å². The number of sulfonamides is 1. The minimum absolute atomic E-state index is 0.0576. The Balaban J connectivity index is 1.68. The Bertz CT molecular complexity index is 1160. The van der Waals surface area contributed by atoms with Gasteiger partial charge in [0.15, 0.2) is 4.34 Å². The molecule has 0 aliphatic heterocycles. The van der Waals surface area contributed by atoms with E-state index in [2.05, 4.69) is 15.5 Å². The van der Waals surface area contributed by atoms with Gasteiger partial charge in [-0.25, -0.2) is 12.8 Å². The Morgan fingerprint density at radius 1 is 1.13 bits per heavy atom. The average Bonchev–Trinajstić information content (AvgIpc) is 3.21. The SMILES string of the molecule is CCN(CC)S(=O)(=O)c1cccc(C(=O)Nc2nnc(SCc3ccccc3F)s2)c1. The summed E-state index contributed by atoms with van der Waals surface area (Å²) in [5.41, 5.74) is 0.753. The second-order valence-electron chi connectivity index (χ2n) is 6.32. The lowest BCUT2D eigenvalue weighted by atomic mass is 10.2. The molecule has 0 fully saturated rings. The number of halogens is 1. The van der Waals surface area contributed by atoms with Gasteiger partial charge >= 0.3 is 0 Å². The fraction of sp³-hybridized carbons (Fsp3) is 0.250. The average molecular weight is 481 g/mol. The van der Waals surface area contributed by atoms with E-state index < -0.39 is 15.9 Å². The van der Waals surface area contributed by atoms with Gasteiger partial charge in [-0.3, -0.25) is 10.1 Å². The molecule has 1 N–H and O–H groups in total. The summed E-state index contributed by atoms with van der Waals surface area (Å²) in [6.45, 7) is 4.20. The summed E-state index contributed by atoms with van der Waals surface area (Å²) in [6, 6.07) is 12.4. The third kappa shape index (κ3) is 5.67. The highest BCUT2D eigenvalue weighted by Crippen LogP contribution is 2.29. The Kier molecular flexibility index (Phi) is 7.76. The molecule has 31 heavy (non-hydrogen) atoms. The molecule has 0 spiro atoms. The van der Waals surface area contributed by atoms with Gasteiger partial charge in [-0.2, -0.15) is 4.31 Å². The standard InChI is InChI=1S/C20H21FN4O3S3/c1-3-25(4-2)31(27,28)16-10-7-9-14(12-16)18(26)22-19-23-24-20(30-19)29-13-15-8-5-6-11-17(15)21/h5-12H,3-4,13H2,1-2H3,(H,22,23,26). The van der Waals surface area contributed by atoms with Crippen LogP contribution in [0.4, 0.5) is 9.52 Å². The Labute approximate surface area is 188 Å². The van der Waals surface area contributed by atoms with Crippen molar-refractivity contribution in [3.05, 3.63) is 65.5 Å². The molecule has 1 heterocycles. The van der Waals surface area contributed by atoms with Gasteiger partial charge in [0, 0.05) is 24.4 Å². The molecule has 3 aromatic rings. The van der Waals surface area contributed by atoms with Gasteiger partial charge in [-0.05, 0) is 29.8 Å². The van der Waals surface area contributed by atoms with Gasteiger partial charge in [0.05, 0.1) is 4.90 Å². The van der Waals surface area contributed by atoms with Crippen LogP contribution in [0.1, 0.15) is 29.8 Å². The lowest BCUT2D eigenvalue weighted by Gasteiger charge is -2.18. The van der Waals surface area contributed by atoms with Gasteiger partial charge in [0.2, 0.25) is 15.2 Å². The largest absolute Gasteiger partial charge is 0.296 e. The molecule has 1 aromatic heterocycles. The lowest BCUT2D eigenvalue weighted by molar-refractivity contribution is 0.102. The van der Waals surface area contributed by atoms with Crippen LogP contribution in [0.2, 0.25) is 0 Å². The first-order chi connectivity index (χ1) is 14.8. The lowest BCUT2D eigenvalue weighted by Crippen LogP contribution is -2.30. The molecular formula is C20H21FN4O3S3. The highest BCUT2D eigenvalue weighted by molar-refractivity contribution is 8.00. The quantitative estimate of drug-likeness (QED) is 0.364. The molecule has 0 saturated heterocycles. The van der Waals surface area contributed by atoms with Crippen LogP contribution in [-0.4, -0.2) is 41.9 Å². The third-order valence-corrected chi connectivity index (χ3v) is 8.44. The fourth-order valence-corrected chi connectivity index (χ4v) is 5.99. The van der Waals surface area contributed by atoms with E-state index in [4.69, 9.17) is 0 Å². The summed E-state index contributed by atoms with van der Waals surface area (Å²) >= 11 is 2.48. The van der Waals surface area contributed by atoms with Gasteiger partial charge in [0.1, 0.15) is 5.82 Å². The fourth-order valence-electron chi connectivity index (χ4n) is 2.75. The summed E-state index contributed by atoms with van der Waals surface area (Å²) < 4.78 is 41.0. The van der Waals surface area contributed by atoms with Crippen molar-refractivity contribution in [2.45, 2.75) is 28.8 Å². The van der Waals surface area contributed by atoms with E-state index in [0.29, 0.717) is 28.7 Å². The normalized spacial score (nSPS) is 11.6. The smallest absolute Gasteiger partial charge is 0.257 e. The summed E-state index contributed by atoms with van der Waals surface area (Å²) in [5.74, 6) is -0.383. The van der Waals surface area contributed by atoms with Gasteiger partial charge < -0.3 is 0 Å². The first-order valence-electron chi connectivity index (χ1n) is 9.46. The number of carbonyl (C=O) groups excluding carboxylic acids is 1. The van der Waals surface area contributed by atoms with Crippen LogP contribution in [0, 0.1) is 5.82 Å². The van der Waals surface area contributed by atoms with Crippen LogP contribution in [0.15, 0.2) is 57.8 Å². The Morgan fingerprint density at radius 3 is 2.58 bits per heavy atom. The van der Waals surface area contributed by atoms with Crippen LogP contribution in [0.25, 0.3) is 0 Å². The molecule has 1 amide bonds. The molecule has 0 bridgehead atoms. The molecule has 0 aliphatic rings. The van der Waals surface area contributed by atoms with Gasteiger partial charge in [-0.1, -0.05) is 61.2 Å². The van der Waals surface area contributed by atoms with Crippen LogP contribution in [0.5, 0.6) is 0 Å². The van der Waals surface area contributed by atoms with Crippen molar-refractivity contribution in [2.75, 3.05) is 18.4 Å². The number of nitrogens with zero attached hydrogens (tertiary/aromatic N) is 3. The number of anilines is 1. The third-order valence-electron chi connectivity index (χ3n) is 4.38. The number of carbonyl (C=O) groups is 1. The zero-order valence-electron chi connectivity index (χ0n) is 16.9. The Morgan fingerprint density at radius 2 is 1.87 bits per heavy atom. The molecule has 164 valence electrons. The highest BCUT2D eigenvalue weighted by Gasteiger charge is 2.22.